The third-order valence-corrected chi connectivity index (χ3v) is 2.97. The van der Waals surface area contributed by atoms with Crippen LogP contribution in [-0.2, 0) is 4.74 Å². The molecular formula is C14H14ClN3O3. The molecule has 0 aliphatic heterocycles. The fraction of sp³-hybridized carbons (Fsp3) is 0.214. The van der Waals surface area contributed by atoms with Crippen molar-refractivity contribution in [1.29, 1.82) is 0 Å². The number of nitrogens with one attached hydrogen (secondary N) is 1. The monoisotopic (exact) mass is 307 g/mol. The molecule has 0 atom stereocenters. The first kappa shape index (κ1) is 15.1. The van der Waals surface area contributed by atoms with E-state index in [0.717, 1.165) is 11.4 Å². The molecule has 2 rings (SSSR count). The first-order valence-corrected chi connectivity index (χ1v) is 6.46. The number of esters is 1. The molecule has 0 radical (unpaired) electrons. The van der Waals surface area contributed by atoms with Crippen LogP contribution in [0.2, 0.25) is 5.28 Å². The highest BCUT2D eigenvalue weighted by atomic mass is 35.5. The van der Waals surface area contributed by atoms with Crippen LogP contribution < -0.4 is 10.1 Å². The normalized spacial score (nSPS) is 10.1. The summed E-state index contributed by atoms with van der Waals surface area (Å²) >= 11 is 5.85. The van der Waals surface area contributed by atoms with Gasteiger partial charge in [0, 0.05) is 5.69 Å². The van der Waals surface area contributed by atoms with E-state index in [1.54, 1.807) is 38.3 Å². The summed E-state index contributed by atoms with van der Waals surface area (Å²) in [6.07, 6.45) is 0. The number of hydrogen-bond donors (Lipinski definition) is 1. The van der Waals surface area contributed by atoms with Crippen LogP contribution in [0.5, 0.6) is 5.75 Å². The van der Waals surface area contributed by atoms with Gasteiger partial charge < -0.3 is 14.8 Å². The van der Waals surface area contributed by atoms with Crippen molar-refractivity contribution in [3.63, 3.8) is 0 Å². The zero-order valence-corrected chi connectivity index (χ0v) is 12.6. The van der Waals surface area contributed by atoms with Gasteiger partial charge in [-0.1, -0.05) is 0 Å². The minimum atomic E-state index is -0.528. The van der Waals surface area contributed by atoms with E-state index in [1.165, 1.54) is 7.11 Å². The summed E-state index contributed by atoms with van der Waals surface area (Å²) in [5, 5.41) is 3.08. The van der Waals surface area contributed by atoms with Crippen molar-refractivity contribution >= 4 is 29.1 Å². The van der Waals surface area contributed by atoms with Gasteiger partial charge in [0.1, 0.15) is 17.1 Å². The van der Waals surface area contributed by atoms with Gasteiger partial charge in [-0.25, -0.2) is 9.78 Å². The summed E-state index contributed by atoms with van der Waals surface area (Å²) in [5.41, 5.74) is 1.42. The molecule has 21 heavy (non-hydrogen) atoms. The number of methoxy groups -OCH3 is 2. The van der Waals surface area contributed by atoms with E-state index in [4.69, 9.17) is 21.1 Å². The first-order valence-electron chi connectivity index (χ1n) is 6.08. The Bertz CT molecular complexity index is 659. The van der Waals surface area contributed by atoms with Gasteiger partial charge in [-0.2, -0.15) is 4.98 Å². The maximum atomic E-state index is 11.9. The number of aryl methyl sites for hydroxylation is 1. The number of anilines is 2. The fourth-order valence-corrected chi connectivity index (χ4v) is 2.00. The number of benzene rings is 1. The Morgan fingerprint density at radius 1 is 1.19 bits per heavy atom. The van der Waals surface area contributed by atoms with Gasteiger partial charge in [0.15, 0.2) is 0 Å². The Morgan fingerprint density at radius 2 is 1.86 bits per heavy atom. The second-order valence-corrected chi connectivity index (χ2v) is 4.48. The average Bonchev–Trinajstić information content (AvgIpc) is 2.47. The zero-order valence-electron chi connectivity index (χ0n) is 11.8. The molecule has 1 heterocycles. The largest absolute Gasteiger partial charge is 0.497 e. The molecule has 2 aromatic rings. The molecule has 1 aromatic heterocycles. The van der Waals surface area contributed by atoms with Crippen LogP contribution in [0.4, 0.5) is 11.5 Å². The van der Waals surface area contributed by atoms with E-state index in [9.17, 15) is 4.79 Å². The number of carbonyl (C=O) groups is 1. The number of rotatable bonds is 4. The molecule has 7 heteroatoms. The summed E-state index contributed by atoms with van der Waals surface area (Å²) in [4.78, 5) is 19.9. The molecule has 0 bridgehead atoms. The molecule has 1 aromatic carbocycles. The SMILES string of the molecule is COC(=O)c1c(C)nc(Cl)nc1Nc1ccc(OC)cc1. The summed E-state index contributed by atoms with van der Waals surface area (Å²) in [6.45, 7) is 1.67. The van der Waals surface area contributed by atoms with Crippen LogP contribution in [0.1, 0.15) is 16.1 Å². The van der Waals surface area contributed by atoms with E-state index in [1.807, 2.05) is 0 Å². The lowest BCUT2D eigenvalue weighted by atomic mass is 10.2. The molecule has 0 aliphatic carbocycles. The third-order valence-electron chi connectivity index (χ3n) is 2.80. The van der Waals surface area contributed by atoms with Gasteiger partial charge >= 0.3 is 5.97 Å². The molecule has 0 spiro atoms. The Morgan fingerprint density at radius 3 is 2.43 bits per heavy atom. The number of carbonyl (C=O) groups excluding carboxylic acids is 1. The maximum Gasteiger partial charge on any atom is 0.343 e. The Kier molecular flexibility index (Phi) is 4.59. The number of ether oxygens (including phenoxy) is 2. The topological polar surface area (TPSA) is 73.3 Å². The van der Waals surface area contributed by atoms with Crippen molar-refractivity contribution in [1.82, 2.24) is 9.97 Å². The van der Waals surface area contributed by atoms with Gasteiger partial charge in [-0.15, -0.1) is 0 Å². The lowest BCUT2D eigenvalue weighted by Crippen LogP contribution is -2.11. The summed E-state index contributed by atoms with van der Waals surface area (Å²) in [6, 6.07) is 7.17. The van der Waals surface area contributed by atoms with Gasteiger partial charge in [-0.3, -0.25) is 0 Å². The summed E-state index contributed by atoms with van der Waals surface area (Å²) in [7, 11) is 2.89. The van der Waals surface area contributed by atoms with Crippen molar-refractivity contribution in [3.05, 3.63) is 40.8 Å². The quantitative estimate of drug-likeness (QED) is 0.691. The molecule has 110 valence electrons. The van der Waals surface area contributed by atoms with Crippen LogP contribution >= 0.6 is 11.6 Å². The van der Waals surface area contributed by atoms with Crippen LogP contribution in [0, 0.1) is 6.92 Å². The number of aromatic nitrogens is 2. The van der Waals surface area contributed by atoms with Crippen molar-refractivity contribution in [3.8, 4) is 5.75 Å². The molecule has 0 saturated heterocycles. The molecule has 0 aliphatic rings. The van der Waals surface area contributed by atoms with Crippen LogP contribution in [0.3, 0.4) is 0 Å². The van der Waals surface area contributed by atoms with Crippen molar-refractivity contribution < 1.29 is 14.3 Å². The number of halogens is 1. The molecule has 1 N–H and O–H groups in total. The van der Waals surface area contributed by atoms with E-state index in [-0.39, 0.29) is 10.8 Å². The van der Waals surface area contributed by atoms with Gasteiger partial charge in [0.05, 0.1) is 19.9 Å². The Hall–Kier alpha value is -2.34. The van der Waals surface area contributed by atoms with Gasteiger partial charge in [0.25, 0.3) is 0 Å². The molecule has 6 nitrogen and oxygen atoms in total. The summed E-state index contributed by atoms with van der Waals surface area (Å²) < 4.78 is 9.84. The predicted molar refractivity (Wildman–Crippen MR) is 79.4 cm³/mol. The zero-order chi connectivity index (χ0) is 15.4. The van der Waals surface area contributed by atoms with E-state index in [2.05, 4.69) is 15.3 Å². The fourth-order valence-electron chi connectivity index (χ4n) is 1.79. The highest BCUT2D eigenvalue weighted by Gasteiger charge is 2.19. The first-order chi connectivity index (χ1) is 10.0. The number of hydrogen-bond acceptors (Lipinski definition) is 6. The van der Waals surface area contributed by atoms with Crippen molar-refractivity contribution in [2.75, 3.05) is 19.5 Å². The predicted octanol–water partition coefficient (Wildman–Crippen LogP) is 2.98. The molecule has 0 unspecified atom stereocenters. The summed E-state index contributed by atoms with van der Waals surface area (Å²) in [5.74, 6) is 0.496. The number of nitrogens with zero attached hydrogens (tertiary/aromatic N) is 2. The third kappa shape index (κ3) is 3.41. The minimum Gasteiger partial charge on any atom is -0.497 e. The highest BCUT2D eigenvalue weighted by molar-refractivity contribution is 6.28. The van der Waals surface area contributed by atoms with Crippen LogP contribution in [0.25, 0.3) is 0 Å². The van der Waals surface area contributed by atoms with Gasteiger partial charge in [-0.05, 0) is 42.8 Å². The van der Waals surface area contributed by atoms with Gasteiger partial charge in [0.2, 0.25) is 5.28 Å². The van der Waals surface area contributed by atoms with Crippen molar-refractivity contribution in [2.45, 2.75) is 6.92 Å². The highest BCUT2D eigenvalue weighted by Crippen LogP contribution is 2.24. The maximum absolute atomic E-state index is 11.9. The van der Waals surface area contributed by atoms with E-state index >= 15 is 0 Å². The molecule has 0 fully saturated rings. The lowest BCUT2D eigenvalue weighted by molar-refractivity contribution is 0.0600. The smallest absolute Gasteiger partial charge is 0.343 e. The average molecular weight is 308 g/mol. The molecular weight excluding hydrogens is 294 g/mol. The van der Waals surface area contributed by atoms with Crippen molar-refractivity contribution in [2.24, 2.45) is 0 Å². The van der Waals surface area contributed by atoms with E-state index < -0.39 is 5.97 Å². The Labute approximate surface area is 127 Å². The minimum absolute atomic E-state index is 0.0520. The second-order valence-electron chi connectivity index (χ2n) is 4.15. The van der Waals surface area contributed by atoms with E-state index in [0.29, 0.717) is 11.5 Å². The lowest BCUT2D eigenvalue weighted by Gasteiger charge is -2.12. The standard InChI is InChI=1S/C14H14ClN3O3/c1-8-11(13(19)21-3)12(18-14(15)16-8)17-9-4-6-10(20-2)7-5-9/h4-7H,1-3H3,(H,16,17,18). The molecule has 0 saturated carbocycles. The molecule has 0 amide bonds. The van der Waals surface area contributed by atoms with Crippen LogP contribution in [0.15, 0.2) is 24.3 Å². The Balaban J connectivity index is 2.39. The second kappa shape index (κ2) is 6.41. The van der Waals surface area contributed by atoms with Crippen LogP contribution in [-0.4, -0.2) is 30.2 Å².